The first kappa shape index (κ1) is 26.9. The van der Waals surface area contributed by atoms with E-state index in [1.54, 1.807) is 0 Å². The number of hydrogen-bond acceptors (Lipinski definition) is 8. The lowest BCUT2D eigenvalue weighted by molar-refractivity contribution is -0.118. The third kappa shape index (κ3) is 6.91. The van der Waals surface area contributed by atoms with Crippen LogP contribution < -0.4 is 5.32 Å². The first-order chi connectivity index (χ1) is 13.6. The van der Waals surface area contributed by atoms with E-state index in [0.717, 1.165) is 4.90 Å². The number of aldehydes is 1. The molecule has 2 amide bonds. The average molecular weight is 748 g/mol. The molecule has 0 heterocycles. The number of benzene rings is 1. The summed E-state index contributed by atoms with van der Waals surface area (Å²) in [4.78, 5) is 37.6. The molecule has 13 heteroatoms. The van der Waals surface area contributed by atoms with Crippen molar-refractivity contribution in [3.05, 3.63) is 21.8 Å². The van der Waals surface area contributed by atoms with Gasteiger partial charge in [-0.25, -0.2) is 0 Å². The SMILES string of the molecule is O=Cc1c(I)c(NC(=O)CO)c(I)c(C(=O)N(CC(O)CO)CC(O)CO)c1I. The van der Waals surface area contributed by atoms with Crippen LogP contribution in [0.4, 0.5) is 5.69 Å². The van der Waals surface area contributed by atoms with Crippen LogP contribution in [-0.4, -0.2) is 93.7 Å². The number of aliphatic hydroxyl groups is 5. The molecule has 0 saturated heterocycles. The lowest BCUT2D eigenvalue weighted by atomic mass is 10.1. The van der Waals surface area contributed by atoms with E-state index in [1.165, 1.54) is 0 Å². The van der Waals surface area contributed by atoms with Gasteiger partial charge in [0.2, 0.25) is 5.91 Å². The van der Waals surface area contributed by atoms with Crippen molar-refractivity contribution < 1.29 is 39.9 Å². The van der Waals surface area contributed by atoms with Gasteiger partial charge in [-0.3, -0.25) is 14.4 Å². The van der Waals surface area contributed by atoms with Crippen molar-refractivity contribution in [2.75, 3.05) is 38.2 Å². The maximum atomic E-state index is 13.2. The minimum absolute atomic E-state index is 0.0391. The Morgan fingerprint density at radius 1 is 0.966 bits per heavy atom. The summed E-state index contributed by atoms with van der Waals surface area (Å²) in [5.74, 6) is -1.42. The molecule has 2 unspecified atom stereocenters. The molecule has 0 radical (unpaired) electrons. The molecule has 0 aliphatic rings. The van der Waals surface area contributed by atoms with Gasteiger partial charge in [0, 0.05) is 25.8 Å². The van der Waals surface area contributed by atoms with Crippen LogP contribution in [0.5, 0.6) is 0 Å². The number of aliphatic hydroxyl groups excluding tert-OH is 5. The smallest absolute Gasteiger partial charge is 0.256 e. The second-order valence-electron chi connectivity index (χ2n) is 5.81. The summed E-state index contributed by atoms with van der Waals surface area (Å²) in [6, 6.07) is 0. The van der Waals surface area contributed by atoms with Gasteiger partial charge in [-0.15, -0.1) is 0 Å². The summed E-state index contributed by atoms with van der Waals surface area (Å²) in [6.07, 6.45) is -2.05. The highest BCUT2D eigenvalue weighted by molar-refractivity contribution is 14.1. The molecule has 1 aromatic rings. The largest absolute Gasteiger partial charge is 0.394 e. The number of nitrogens with one attached hydrogen (secondary N) is 1. The van der Waals surface area contributed by atoms with Gasteiger partial charge in [0.1, 0.15) is 6.61 Å². The molecule has 2 atom stereocenters. The number of rotatable bonds is 10. The maximum absolute atomic E-state index is 13.2. The summed E-state index contributed by atoms with van der Waals surface area (Å²) in [6.45, 7) is -2.72. The van der Waals surface area contributed by atoms with E-state index in [9.17, 15) is 24.6 Å². The molecule has 0 bridgehead atoms. The molecule has 0 saturated carbocycles. The van der Waals surface area contributed by atoms with Crippen LogP contribution in [0.3, 0.4) is 0 Å². The van der Waals surface area contributed by atoms with Crippen LogP contribution in [-0.2, 0) is 4.79 Å². The number of anilines is 1. The molecule has 6 N–H and O–H groups in total. The fourth-order valence-electron chi connectivity index (χ4n) is 2.29. The lowest BCUT2D eigenvalue weighted by Gasteiger charge is -2.28. The highest BCUT2D eigenvalue weighted by Crippen LogP contribution is 2.35. The molecular weight excluding hydrogens is 729 g/mol. The molecule has 162 valence electrons. The summed E-state index contributed by atoms with van der Waals surface area (Å²) < 4.78 is 0.957. The van der Waals surface area contributed by atoms with E-state index in [4.69, 9.17) is 15.3 Å². The number of carbonyl (C=O) groups is 3. The van der Waals surface area contributed by atoms with Gasteiger partial charge in [-0.05, 0) is 67.8 Å². The lowest BCUT2D eigenvalue weighted by Crippen LogP contribution is -2.44. The Morgan fingerprint density at radius 2 is 1.48 bits per heavy atom. The predicted molar refractivity (Wildman–Crippen MR) is 128 cm³/mol. The molecular formula is C16H19I3N2O8. The van der Waals surface area contributed by atoms with Crippen molar-refractivity contribution >= 4 is 91.6 Å². The third-order valence-electron chi connectivity index (χ3n) is 3.66. The molecule has 0 aliphatic carbocycles. The van der Waals surface area contributed by atoms with E-state index >= 15 is 0 Å². The normalized spacial score (nSPS) is 13.0. The maximum Gasteiger partial charge on any atom is 0.256 e. The van der Waals surface area contributed by atoms with E-state index < -0.39 is 43.8 Å². The standard InChI is InChI=1S/C16H19I3N2O8/c17-12-9(5-24)13(18)15(20-10(28)6-25)14(19)11(12)16(29)21(1-7(26)3-22)2-8(27)4-23/h5,7-8,22-23,25-27H,1-4,6H2,(H,20,28). The Labute approximate surface area is 207 Å². The van der Waals surface area contributed by atoms with Gasteiger partial charge < -0.3 is 35.7 Å². The molecule has 0 aliphatic heterocycles. The van der Waals surface area contributed by atoms with Crippen LogP contribution in [0.25, 0.3) is 0 Å². The molecule has 0 spiro atoms. The van der Waals surface area contributed by atoms with Gasteiger partial charge in [0.15, 0.2) is 6.29 Å². The van der Waals surface area contributed by atoms with Crippen LogP contribution in [0.1, 0.15) is 20.7 Å². The predicted octanol–water partition coefficient (Wildman–Crippen LogP) is -0.608. The topological polar surface area (TPSA) is 168 Å². The van der Waals surface area contributed by atoms with Gasteiger partial charge in [-0.1, -0.05) is 0 Å². The van der Waals surface area contributed by atoms with Crippen LogP contribution in [0.15, 0.2) is 0 Å². The molecule has 1 aromatic carbocycles. The number of carbonyl (C=O) groups excluding carboxylic acids is 3. The van der Waals surface area contributed by atoms with Gasteiger partial charge in [0.05, 0.1) is 40.2 Å². The molecule has 29 heavy (non-hydrogen) atoms. The zero-order valence-corrected chi connectivity index (χ0v) is 21.3. The molecule has 0 fully saturated rings. The van der Waals surface area contributed by atoms with Crippen molar-refractivity contribution in [2.45, 2.75) is 12.2 Å². The molecule has 0 aromatic heterocycles. The summed E-state index contributed by atoms with van der Waals surface area (Å²) >= 11 is 5.47. The zero-order valence-electron chi connectivity index (χ0n) is 14.8. The number of nitrogens with zero attached hydrogens (tertiary/aromatic N) is 1. The van der Waals surface area contributed by atoms with Crippen molar-refractivity contribution in [2.24, 2.45) is 0 Å². The third-order valence-corrected chi connectivity index (χ3v) is 6.98. The first-order valence-electron chi connectivity index (χ1n) is 8.06. The van der Waals surface area contributed by atoms with E-state index in [1.807, 2.05) is 67.8 Å². The average Bonchev–Trinajstić information content (AvgIpc) is 2.70. The highest BCUT2D eigenvalue weighted by Gasteiger charge is 2.30. The van der Waals surface area contributed by atoms with E-state index in [0.29, 0.717) is 13.4 Å². The summed E-state index contributed by atoms with van der Waals surface area (Å²) in [5.41, 5.74) is 0.354. The fraction of sp³-hybridized carbons (Fsp3) is 0.438. The van der Waals surface area contributed by atoms with Crippen LogP contribution in [0.2, 0.25) is 0 Å². The number of hydrogen-bond donors (Lipinski definition) is 6. The van der Waals surface area contributed by atoms with E-state index in [2.05, 4.69) is 5.32 Å². The number of amides is 2. The van der Waals surface area contributed by atoms with Crippen molar-refractivity contribution in [3.63, 3.8) is 0 Å². The summed E-state index contributed by atoms with van der Waals surface area (Å²) in [7, 11) is 0. The van der Waals surface area contributed by atoms with Crippen LogP contribution in [0, 0.1) is 10.7 Å². The Hall–Kier alpha value is -0.180. The van der Waals surface area contributed by atoms with Crippen molar-refractivity contribution in [3.8, 4) is 0 Å². The first-order valence-corrected chi connectivity index (χ1v) is 11.3. The Bertz CT molecular complexity index is 765. The van der Waals surface area contributed by atoms with Gasteiger partial charge in [-0.2, -0.15) is 0 Å². The van der Waals surface area contributed by atoms with E-state index in [-0.39, 0.29) is 33.5 Å². The zero-order chi connectivity index (χ0) is 22.3. The minimum Gasteiger partial charge on any atom is -0.394 e. The Kier molecular flexibility index (Phi) is 11.7. The van der Waals surface area contributed by atoms with Crippen molar-refractivity contribution in [1.29, 1.82) is 0 Å². The number of halogens is 3. The highest BCUT2D eigenvalue weighted by atomic mass is 127. The Morgan fingerprint density at radius 3 is 1.90 bits per heavy atom. The fourth-order valence-corrected chi connectivity index (χ4v) is 6.44. The van der Waals surface area contributed by atoms with Crippen molar-refractivity contribution in [1.82, 2.24) is 4.90 Å². The molecule has 1 rings (SSSR count). The van der Waals surface area contributed by atoms with Gasteiger partial charge in [0.25, 0.3) is 5.91 Å². The Balaban J connectivity index is 3.58. The minimum atomic E-state index is -1.29. The second-order valence-corrected chi connectivity index (χ2v) is 9.05. The van der Waals surface area contributed by atoms with Crippen LogP contribution >= 0.6 is 67.8 Å². The second kappa shape index (κ2) is 12.6. The summed E-state index contributed by atoms with van der Waals surface area (Å²) in [5, 5.41) is 49.2. The molecule has 10 nitrogen and oxygen atoms in total. The van der Waals surface area contributed by atoms with Gasteiger partial charge >= 0.3 is 0 Å². The monoisotopic (exact) mass is 748 g/mol. The quantitative estimate of drug-likeness (QED) is 0.136.